The van der Waals surface area contributed by atoms with E-state index in [2.05, 4.69) is 11.3 Å². The highest BCUT2D eigenvalue weighted by Gasteiger charge is 2.16. The summed E-state index contributed by atoms with van der Waals surface area (Å²) in [5.41, 5.74) is 0.0307. The Balaban J connectivity index is 3.90. The van der Waals surface area contributed by atoms with Gasteiger partial charge in [0, 0.05) is 0 Å². The Kier molecular flexibility index (Phi) is 5.34. The lowest BCUT2D eigenvalue weighted by Gasteiger charge is -2.11. The summed E-state index contributed by atoms with van der Waals surface area (Å²) in [5.74, 6) is -0.657. The Morgan fingerprint density at radius 1 is 1.54 bits per heavy atom. The summed E-state index contributed by atoms with van der Waals surface area (Å²) in [4.78, 5) is 11.1. The van der Waals surface area contributed by atoms with E-state index in [9.17, 15) is 9.90 Å². The van der Waals surface area contributed by atoms with E-state index in [0.29, 0.717) is 6.42 Å². The molecule has 0 fully saturated rings. The molecule has 2 atom stereocenters. The molecule has 4 heteroatoms. The van der Waals surface area contributed by atoms with Crippen LogP contribution in [0.2, 0.25) is 0 Å². The van der Waals surface area contributed by atoms with Gasteiger partial charge in [0.2, 0.25) is 0 Å². The second-order valence-electron chi connectivity index (χ2n) is 2.90. The third-order valence-corrected chi connectivity index (χ3v) is 1.51. The lowest BCUT2D eigenvalue weighted by molar-refractivity contribution is -0.142. The average Bonchev–Trinajstić information content (AvgIpc) is 2.11. The lowest BCUT2D eigenvalue weighted by atomic mass is 10.1. The van der Waals surface area contributed by atoms with Gasteiger partial charge in [0.05, 0.1) is 17.8 Å². The fraction of sp³-hybridized carbons (Fsp3) is 0.667. The van der Waals surface area contributed by atoms with E-state index in [1.54, 1.807) is 6.92 Å². The highest BCUT2D eigenvalue weighted by molar-refractivity contribution is 5.88. The molecule has 0 aromatic heterocycles. The molecule has 0 aliphatic carbocycles. The SMILES string of the molecule is C=C(C(=O)OCC(C)O)C(O)CC. The molecule has 0 aliphatic heterocycles. The zero-order valence-electron chi connectivity index (χ0n) is 7.99. The molecule has 0 rings (SSSR count). The van der Waals surface area contributed by atoms with Gasteiger partial charge in [-0.2, -0.15) is 0 Å². The number of esters is 1. The molecule has 0 bridgehead atoms. The van der Waals surface area contributed by atoms with Crippen LogP contribution in [0.3, 0.4) is 0 Å². The first-order valence-corrected chi connectivity index (χ1v) is 4.21. The summed E-state index contributed by atoms with van der Waals surface area (Å²) < 4.78 is 4.64. The first kappa shape index (κ1) is 12.1. The maximum atomic E-state index is 11.1. The molecular weight excluding hydrogens is 172 g/mol. The molecule has 2 N–H and O–H groups in total. The van der Waals surface area contributed by atoms with Crippen LogP contribution >= 0.6 is 0 Å². The first-order chi connectivity index (χ1) is 5.99. The highest BCUT2D eigenvalue weighted by Crippen LogP contribution is 2.05. The van der Waals surface area contributed by atoms with Crippen LogP contribution in [0, 0.1) is 0 Å². The summed E-state index contributed by atoms with van der Waals surface area (Å²) in [6.07, 6.45) is -1.14. The lowest BCUT2D eigenvalue weighted by Crippen LogP contribution is -2.22. The van der Waals surface area contributed by atoms with Crippen LogP contribution in [-0.4, -0.2) is 35.0 Å². The predicted molar refractivity (Wildman–Crippen MR) is 48.1 cm³/mol. The van der Waals surface area contributed by atoms with Crippen molar-refractivity contribution >= 4 is 5.97 Å². The van der Waals surface area contributed by atoms with Gasteiger partial charge in [0.25, 0.3) is 0 Å². The Bertz CT molecular complexity index is 186. The number of hydrogen-bond acceptors (Lipinski definition) is 4. The van der Waals surface area contributed by atoms with Crippen molar-refractivity contribution in [2.24, 2.45) is 0 Å². The monoisotopic (exact) mass is 188 g/mol. The third-order valence-electron chi connectivity index (χ3n) is 1.51. The van der Waals surface area contributed by atoms with Gasteiger partial charge in [0.1, 0.15) is 6.61 Å². The number of carbonyl (C=O) groups is 1. The molecule has 0 heterocycles. The topological polar surface area (TPSA) is 66.8 Å². The van der Waals surface area contributed by atoms with Crippen LogP contribution in [0.5, 0.6) is 0 Å². The molecule has 0 aromatic carbocycles. The minimum Gasteiger partial charge on any atom is -0.460 e. The molecule has 0 radical (unpaired) electrons. The average molecular weight is 188 g/mol. The zero-order chi connectivity index (χ0) is 10.4. The normalized spacial score (nSPS) is 14.8. The standard InChI is InChI=1S/C9H16O4/c1-4-8(11)7(3)9(12)13-5-6(2)10/h6,8,10-11H,3-5H2,1-2H3. The quantitative estimate of drug-likeness (QED) is 0.479. The van der Waals surface area contributed by atoms with Crippen molar-refractivity contribution in [1.29, 1.82) is 0 Å². The van der Waals surface area contributed by atoms with Crippen LogP contribution in [0.25, 0.3) is 0 Å². The number of carbonyl (C=O) groups excluding carboxylic acids is 1. The fourth-order valence-electron chi connectivity index (χ4n) is 0.671. The Hall–Kier alpha value is -0.870. The van der Waals surface area contributed by atoms with Crippen LogP contribution in [-0.2, 0) is 9.53 Å². The van der Waals surface area contributed by atoms with Crippen LogP contribution in [0.4, 0.5) is 0 Å². The van der Waals surface area contributed by atoms with Gasteiger partial charge >= 0.3 is 5.97 Å². The maximum absolute atomic E-state index is 11.1. The minimum absolute atomic E-state index is 0.0307. The number of aliphatic hydroxyl groups excluding tert-OH is 2. The van der Waals surface area contributed by atoms with Gasteiger partial charge < -0.3 is 14.9 Å². The first-order valence-electron chi connectivity index (χ1n) is 4.21. The van der Waals surface area contributed by atoms with Crippen LogP contribution in [0.1, 0.15) is 20.3 Å². The molecule has 0 aromatic rings. The number of aliphatic hydroxyl groups is 2. The fourth-order valence-corrected chi connectivity index (χ4v) is 0.671. The zero-order valence-corrected chi connectivity index (χ0v) is 7.99. The molecule has 76 valence electrons. The van der Waals surface area contributed by atoms with Gasteiger partial charge in [-0.25, -0.2) is 4.79 Å². The highest BCUT2D eigenvalue weighted by atomic mass is 16.5. The number of rotatable bonds is 5. The summed E-state index contributed by atoms with van der Waals surface area (Å²) in [6, 6.07) is 0. The summed E-state index contributed by atoms with van der Waals surface area (Å²) in [6.45, 7) is 6.56. The van der Waals surface area contributed by atoms with E-state index < -0.39 is 18.2 Å². The second-order valence-corrected chi connectivity index (χ2v) is 2.90. The van der Waals surface area contributed by atoms with E-state index in [1.165, 1.54) is 6.92 Å². The van der Waals surface area contributed by atoms with E-state index in [1.807, 2.05) is 0 Å². The van der Waals surface area contributed by atoms with Crippen molar-refractivity contribution in [3.63, 3.8) is 0 Å². The van der Waals surface area contributed by atoms with Gasteiger partial charge in [-0.3, -0.25) is 0 Å². The molecule has 13 heavy (non-hydrogen) atoms. The number of hydrogen-bond donors (Lipinski definition) is 2. The van der Waals surface area contributed by atoms with Crippen molar-refractivity contribution in [3.8, 4) is 0 Å². The van der Waals surface area contributed by atoms with E-state index in [0.717, 1.165) is 0 Å². The van der Waals surface area contributed by atoms with Crippen LogP contribution in [0.15, 0.2) is 12.2 Å². The molecule has 0 spiro atoms. The molecular formula is C9H16O4. The van der Waals surface area contributed by atoms with Gasteiger partial charge in [0.15, 0.2) is 0 Å². The van der Waals surface area contributed by atoms with Crippen molar-refractivity contribution in [2.75, 3.05) is 6.61 Å². The Morgan fingerprint density at radius 2 is 2.08 bits per heavy atom. The third kappa shape index (κ3) is 4.65. The molecule has 0 saturated carbocycles. The summed E-state index contributed by atoms with van der Waals surface area (Å²) in [7, 11) is 0. The summed E-state index contributed by atoms with van der Waals surface area (Å²) >= 11 is 0. The van der Waals surface area contributed by atoms with Crippen molar-refractivity contribution < 1.29 is 19.7 Å². The largest absolute Gasteiger partial charge is 0.460 e. The number of ether oxygens (including phenoxy) is 1. The molecule has 2 unspecified atom stereocenters. The Morgan fingerprint density at radius 3 is 2.46 bits per heavy atom. The van der Waals surface area contributed by atoms with Crippen molar-refractivity contribution in [2.45, 2.75) is 32.5 Å². The van der Waals surface area contributed by atoms with E-state index in [4.69, 9.17) is 5.11 Å². The van der Waals surface area contributed by atoms with E-state index >= 15 is 0 Å². The van der Waals surface area contributed by atoms with Crippen molar-refractivity contribution in [1.82, 2.24) is 0 Å². The Labute approximate surface area is 77.8 Å². The van der Waals surface area contributed by atoms with Gasteiger partial charge in [-0.15, -0.1) is 0 Å². The summed E-state index contributed by atoms with van der Waals surface area (Å²) in [5, 5.41) is 18.0. The van der Waals surface area contributed by atoms with Crippen molar-refractivity contribution in [3.05, 3.63) is 12.2 Å². The predicted octanol–water partition coefficient (Wildman–Crippen LogP) is 0.237. The molecule has 4 nitrogen and oxygen atoms in total. The molecule has 0 aliphatic rings. The maximum Gasteiger partial charge on any atom is 0.336 e. The smallest absolute Gasteiger partial charge is 0.336 e. The van der Waals surface area contributed by atoms with Crippen LogP contribution < -0.4 is 0 Å². The second kappa shape index (κ2) is 5.72. The van der Waals surface area contributed by atoms with E-state index in [-0.39, 0.29) is 12.2 Å². The molecule has 0 amide bonds. The van der Waals surface area contributed by atoms with Gasteiger partial charge in [-0.05, 0) is 13.3 Å². The molecule has 0 saturated heterocycles. The minimum atomic E-state index is -0.860. The van der Waals surface area contributed by atoms with Gasteiger partial charge in [-0.1, -0.05) is 13.5 Å².